The number of rotatable bonds is 6. The molecule has 96 valence electrons. The van der Waals surface area contributed by atoms with Crippen molar-refractivity contribution in [1.29, 1.82) is 0 Å². The van der Waals surface area contributed by atoms with Gasteiger partial charge in [-0.3, -0.25) is 0 Å². The molecule has 1 aromatic carbocycles. The average Bonchev–Trinajstić information content (AvgIpc) is 2.36. The zero-order valence-corrected chi connectivity index (χ0v) is 11.4. The maximum atomic E-state index is 5.95. The summed E-state index contributed by atoms with van der Waals surface area (Å²) in [6, 6.07) is 8.50. The van der Waals surface area contributed by atoms with Gasteiger partial charge in [-0.25, -0.2) is 0 Å². The Hall–Kier alpha value is -1.06. The summed E-state index contributed by atoms with van der Waals surface area (Å²) in [5.74, 6) is 0. The van der Waals surface area contributed by atoms with Crippen molar-refractivity contribution < 1.29 is 4.74 Å². The molecule has 1 atom stereocenters. The first-order valence-electron chi connectivity index (χ1n) is 6.09. The van der Waals surface area contributed by atoms with Gasteiger partial charge in [0, 0.05) is 26.4 Å². The van der Waals surface area contributed by atoms with Crippen LogP contribution in [0.5, 0.6) is 0 Å². The summed E-state index contributed by atoms with van der Waals surface area (Å²) in [5.41, 5.74) is 8.28. The molecule has 0 spiro atoms. The lowest BCUT2D eigenvalue weighted by molar-refractivity contribution is 0.130. The van der Waals surface area contributed by atoms with Crippen LogP contribution in [0.25, 0.3) is 0 Å². The van der Waals surface area contributed by atoms with Crippen molar-refractivity contribution in [2.45, 2.75) is 25.8 Å². The number of hydrogen-bond acceptors (Lipinski definition) is 3. The molecule has 0 aliphatic carbocycles. The van der Waals surface area contributed by atoms with E-state index in [1.165, 1.54) is 11.3 Å². The van der Waals surface area contributed by atoms with Gasteiger partial charge < -0.3 is 15.4 Å². The predicted octanol–water partition coefficient (Wildman–Crippen LogP) is 2.19. The standard InChI is InChI=1S/C14H24N2O/c1-5-14(10-15,11-17-4)16(3)13-8-6-12(2)7-9-13/h6-9H,5,10-11,15H2,1-4H3. The van der Waals surface area contributed by atoms with Gasteiger partial charge in [0.25, 0.3) is 0 Å². The van der Waals surface area contributed by atoms with E-state index in [2.05, 4.69) is 50.1 Å². The van der Waals surface area contributed by atoms with Gasteiger partial charge in [-0.15, -0.1) is 0 Å². The van der Waals surface area contributed by atoms with Gasteiger partial charge in [0.15, 0.2) is 0 Å². The lowest BCUT2D eigenvalue weighted by Gasteiger charge is -2.41. The zero-order chi connectivity index (χ0) is 12.9. The lowest BCUT2D eigenvalue weighted by atomic mass is 9.94. The summed E-state index contributed by atoms with van der Waals surface area (Å²) < 4.78 is 5.33. The number of ether oxygens (including phenoxy) is 1. The Balaban J connectivity index is 2.98. The first-order valence-corrected chi connectivity index (χ1v) is 6.09. The van der Waals surface area contributed by atoms with Crippen molar-refractivity contribution in [3.63, 3.8) is 0 Å². The lowest BCUT2D eigenvalue weighted by Crippen LogP contribution is -2.55. The maximum Gasteiger partial charge on any atom is 0.0750 e. The van der Waals surface area contributed by atoms with Gasteiger partial charge >= 0.3 is 0 Å². The molecule has 1 aromatic rings. The molecule has 3 heteroatoms. The molecule has 3 nitrogen and oxygen atoms in total. The molecule has 0 heterocycles. The monoisotopic (exact) mass is 236 g/mol. The number of aryl methyl sites for hydroxylation is 1. The molecule has 0 saturated carbocycles. The van der Waals surface area contributed by atoms with Crippen molar-refractivity contribution in [2.75, 3.05) is 32.2 Å². The van der Waals surface area contributed by atoms with Crippen LogP contribution in [-0.4, -0.2) is 32.8 Å². The van der Waals surface area contributed by atoms with Gasteiger partial charge in [-0.2, -0.15) is 0 Å². The van der Waals surface area contributed by atoms with Crippen LogP contribution in [0.2, 0.25) is 0 Å². The smallest absolute Gasteiger partial charge is 0.0750 e. The highest BCUT2D eigenvalue weighted by Crippen LogP contribution is 2.25. The largest absolute Gasteiger partial charge is 0.382 e. The van der Waals surface area contributed by atoms with E-state index in [1.807, 2.05) is 0 Å². The molecule has 0 aliphatic rings. The van der Waals surface area contributed by atoms with Gasteiger partial charge in [0.1, 0.15) is 0 Å². The van der Waals surface area contributed by atoms with Crippen LogP contribution in [-0.2, 0) is 4.74 Å². The fourth-order valence-corrected chi connectivity index (χ4v) is 2.09. The molecular weight excluding hydrogens is 212 g/mol. The normalized spacial score (nSPS) is 14.4. The van der Waals surface area contributed by atoms with Crippen molar-refractivity contribution in [1.82, 2.24) is 0 Å². The van der Waals surface area contributed by atoms with E-state index in [4.69, 9.17) is 10.5 Å². The second-order valence-corrected chi connectivity index (χ2v) is 4.61. The van der Waals surface area contributed by atoms with Crippen molar-refractivity contribution in [3.05, 3.63) is 29.8 Å². The van der Waals surface area contributed by atoms with Crippen LogP contribution in [0.4, 0.5) is 5.69 Å². The minimum atomic E-state index is -0.121. The highest BCUT2D eigenvalue weighted by molar-refractivity contribution is 5.49. The van der Waals surface area contributed by atoms with Crippen molar-refractivity contribution >= 4 is 5.69 Å². The first kappa shape index (κ1) is 14.0. The molecule has 0 saturated heterocycles. The first-order chi connectivity index (χ1) is 8.09. The number of nitrogens with zero attached hydrogens (tertiary/aromatic N) is 1. The molecular formula is C14H24N2O. The quantitative estimate of drug-likeness (QED) is 0.823. The Morgan fingerprint density at radius 1 is 1.29 bits per heavy atom. The van der Waals surface area contributed by atoms with E-state index in [1.54, 1.807) is 7.11 Å². The van der Waals surface area contributed by atoms with Crippen LogP contribution in [0, 0.1) is 6.92 Å². The molecule has 17 heavy (non-hydrogen) atoms. The van der Waals surface area contributed by atoms with E-state index in [0.717, 1.165) is 6.42 Å². The number of methoxy groups -OCH3 is 1. The molecule has 0 aliphatic heterocycles. The highest BCUT2D eigenvalue weighted by Gasteiger charge is 2.31. The summed E-state index contributed by atoms with van der Waals surface area (Å²) in [6.07, 6.45) is 0.960. The Kier molecular flexibility index (Phi) is 4.97. The minimum absolute atomic E-state index is 0.121. The van der Waals surface area contributed by atoms with Crippen LogP contribution in [0.3, 0.4) is 0 Å². The van der Waals surface area contributed by atoms with Crippen LogP contribution in [0.1, 0.15) is 18.9 Å². The minimum Gasteiger partial charge on any atom is -0.382 e. The second-order valence-electron chi connectivity index (χ2n) is 4.61. The average molecular weight is 236 g/mol. The molecule has 2 N–H and O–H groups in total. The van der Waals surface area contributed by atoms with E-state index in [9.17, 15) is 0 Å². The Morgan fingerprint density at radius 2 is 1.88 bits per heavy atom. The Labute approximate surface area is 105 Å². The maximum absolute atomic E-state index is 5.95. The molecule has 0 radical (unpaired) electrons. The van der Waals surface area contributed by atoms with Gasteiger partial charge in [0.2, 0.25) is 0 Å². The number of hydrogen-bond donors (Lipinski definition) is 1. The predicted molar refractivity (Wildman–Crippen MR) is 73.5 cm³/mol. The Morgan fingerprint density at radius 3 is 2.29 bits per heavy atom. The topological polar surface area (TPSA) is 38.5 Å². The third-order valence-electron chi connectivity index (χ3n) is 3.58. The number of nitrogens with two attached hydrogens (primary N) is 1. The number of anilines is 1. The summed E-state index contributed by atoms with van der Waals surface area (Å²) in [7, 11) is 3.81. The fourth-order valence-electron chi connectivity index (χ4n) is 2.09. The summed E-state index contributed by atoms with van der Waals surface area (Å²) >= 11 is 0. The van der Waals surface area contributed by atoms with Crippen molar-refractivity contribution in [2.24, 2.45) is 5.73 Å². The summed E-state index contributed by atoms with van der Waals surface area (Å²) in [5, 5.41) is 0. The van der Waals surface area contributed by atoms with Crippen LogP contribution < -0.4 is 10.6 Å². The molecule has 0 bridgehead atoms. The van der Waals surface area contributed by atoms with E-state index in [0.29, 0.717) is 13.2 Å². The molecule has 1 unspecified atom stereocenters. The summed E-state index contributed by atoms with van der Waals surface area (Å²) in [6.45, 7) is 5.47. The third-order valence-corrected chi connectivity index (χ3v) is 3.58. The van der Waals surface area contributed by atoms with Crippen LogP contribution in [0.15, 0.2) is 24.3 Å². The second kappa shape index (κ2) is 6.03. The molecule has 1 rings (SSSR count). The van der Waals surface area contributed by atoms with Crippen LogP contribution >= 0.6 is 0 Å². The van der Waals surface area contributed by atoms with Gasteiger partial charge in [-0.1, -0.05) is 24.6 Å². The molecule has 0 amide bonds. The SMILES string of the molecule is CCC(CN)(COC)N(C)c1ccc(C)cc1. The molecule has 0 aromatic heterocycles. The van der Waals surface area contributed by atoms with Gasteiger partial charge in [-0.05, 0) is 25.5 Å². The van der Waals surface area contributed by atoms with E-state index >= 15 is 0 Å². The molecule has 0 fully saturated rings. The van der Waals surface area contributed by atoms with E-state index in [-0.39, 0.29) is 5.54 Å². The Bertz CT molecular complexity index is 331. The van der Waals surface area contributed by atoms with Crippen molar-refractivity contribution in [3.8, 4) is 0 Å². The highest BCUT2D eigenvalue weighted by atomic mass is 16.5. The third kappa shape index (κ3) is 2.99. The number of benzene rings is 1. The van der Waals surface area contributed by atoms with Gasteiger partial charge in [0.05, 0.1) is 12.1 Å². The fraction of sp³-hybridized carbons (Fsp3) is 0.571. The van der Waals surface area contributed by atoms with E-state index < -0.39 is 0 Å². The number of likely N-dealkylation sites (N-methyl/N-ethyl adjacent to an activating group) is 1. The zero-order valence-electron chi connectivity index (χ0n) is 11.4. The summed E-state index contributed by atoms with van der Waals surface area (Å²) in [4.78, 5) is 2.23.